The predicted octanol–water partition coefficient (Wildman–Crippen LogP) is 1.06. The molecule has 2 saturated heterocycles. The van der Waals surface area contributed by atoms with E-state index < -0.39 is 12.1 Å². The van der Waals surface area contributed by atoms with Crippen LogP contribution in [0, 0.1) is 0 Å². The van der Waals surface area contributed by atoms with Crippen molar-refractivity contribution >= 4 is 17.7 Å². The van der Waals surface area contributed by atoms with Gasteiger partial charge in [0.2, 0.25) is 0 Å². The molecule has 0 aromatic rings. The van der Waals surface area contributed by atoms with Gasteiger partial charge in [0.15, 0.2) is 6.10 Å². The minimum Gasteiger partial charge on any atom is -0.479 e. The zero-order chi connectivity index (χ0) is 11.5. The lowest BCUT2D eigenvalue weighted by Crippen LogP contribution is -2.44. The number of carboxylic acid groups (broad SMARTS) is 1. The van der Waals surface area contributed by atoms with E-state index in [-0.39, 0.29) is 6.10 Å². The van der Waals surface area contributed by atoms with Gasteiger partial charge in [-0.1, -0.05) is 0 Å². The SMILES string of the molecule is CC1CSCCN1CC1CCC(C(=O)O)O1. The zero-order valence-corrected chi connectivity index (χ0v) is 10.4. The Bertz CT molecular complexity index is 262. The highest BCUT2D eigenvalue weighted by molar-refractivity contribution is 7.99. The van der Waals surface area contributed by atoms with Crippen LogP contribution in [0.3, 0.4) is 0 Å². The molecule has 5 heteroatoms. The number of ether oxygens (including phenoxy) is 1. The minimum absolute atomic E-state index is 0.117. The summed E-state index contributed by atoms with van der Waals surface area (Å²) in [5.74, 6) is 1.54. The number of carbonyl (C=O) groups is 1. The smallest absolute Gasteiger partial charge is 0.332 e. The van der Waals surface area contributed by atoms with Gasteiger partial charge in [0.1, 0.15) is 0 Å². The Morgan fingerprint density at radius 3 is 3.00 bits per heavy atom. The number of thioether (sulfide) groups is 1. The van der Waals surface area contributed by atoms with Crippen molar-refractivity contribution in [3.8, 4) is 0 Å². The first kappa shape index (κ1) is 12.2. The van der Waals surface area contributed by atoms with Gasteiger partial charge in [-0.25, -0.2) is 4.79 Å². The second kappa shape index (κ2) is 5.38. The first-order valence-electron chi connectivity index (χ1n) is 5.87. The maximum atomic E-state index is 10.8. The van der Waals surface area contributed by atoms with E-state index in [1.807, 2.05) is 11.8 Å². The molecule has 0 bridgehead atoms. The number of rotatable bonds is 3. The van der Waals surface area contributed by atoms with E-state index in [1.165, 1.54) is 11.5 Å². The normalized spacial score (nSPS) is 36.4. The van der Waals surface area contributed by atoms with Crippen molar-refractivity contribution in [1.82, 2.24) is 4.90 Å². The Balaban J connectivity index is 1.79. The van der Waals surface area contributed by atoms with Gasteiger partial charge in [0.05, 0.1) is 6.10 Å². The maximum absolute atomic E-state index is 10.8. The van der Waals surface area contributed by atoms with Crippen LogP contribution in [-0.2, 0) is 9.53 Å². The minimum atomic E-state index is -0.815. The molecule has 4 nitrogen and oxygen atoms in total. The highest BCUT2D eigenvalue weighted by Gasteiger charge is 2.32. The fourth-order valence-corrected chi connectivity index (χ4v) is 3.40. The fourth-order valence-electron chi connectivity index (χ4n) is 2.32. The second-order valence-electron chi connectivity index (χ2n) is 4.58. The molecule has 3 unspecified atom stereocenters. The van der Waals surface area contributed by atoms with Crippen LogP contribution in [0.4, 0.5) is 0 Å². The quantitative estimate of drug-likeness (QED) is 0.805. The summed E-state index contributed by atoms with van der Waals surface area (Å²) in [5, 5.41) is 8.85. The van der Waals surface area contributed by atoms with Crippen LogP contribution in [0.25, 0.3) is 0 Å². The molecule has 0 saturated carbocycles. The summed E-state index contributed by atoms with van der Waals surface area (Å²) in [7, 11) is 0. The molecule has 0 aromatic heterocycles. The van der Waals surface area contributed by atoms with Crippen LogP contribution >= 0.6 is 11.8 Å². The standard InChI is InChI=1S/C11H19NO3S/c1-8-7-16-5-4-12(8)6-9-2-3-10(15-9)11(13)14/h8-10H,2-7H2,1H3,(H,13,14). The van der Waals surface area contributed by atoms with Gasteiger partial charge in [0, 0.05) is 30.6 Å². The molecule has 3 atom stereocenters. The Hall–Kier alpha value is -0.260. The van der Waals surface area contributed by atoms with Gasteiger partial charge in [-0.3, -0.25) is 4.90 Å². The summed E-state index contributed by atoms with van der Waals surface area (Å²) in [6.45, 7) is 4.23. The van der Waals surface area contributed by atoms with Gasteiger partial charge < -0.3 is 9.84 Å². The van der Waals surface area contributed by atoms with Crippen molar-refractivity contribution in [2.24, 2.45) is 0 Å². The van der Waals surface area contributed by atoms with Crippen LogP contribution in [0.1, 0.15) is 19.8 Å². The van der Waals surface area contributed by atoms with Crippen molar-refractivity contribution in [1.29, 1.82) is 0 Å². The third-order valence-corrected chi connectivity index (χ3v) is 4.52. The topological polar surface area (TPSA) is 49.8 Å². The molecule has 1 N–H and O–H groups in total. The van der Waals surface area contributed by atoms with Crippen molar-refractivity contribution < 1.29 is 14.6 Å². The molecule has 0 amide bonds. The van der Waals surface area contributed by atoms with Crippen LogP contribution in [0.2, 0.25) is 0 Å². The van der Waals surface area contributed by atoms with Gasteiger partial charge in [0.25, 0.3) is 0 Å². The molecular formula is C11H19NO3S. The average molecular weight is 245 g/mol. The Morgan fingerprint density at radius 1 is 1.56 bits per heavy atom. The average Bonchev–Trinajstić information content (AvgIpc) is 2.70. The molecule has 0 radical (unpaired) electrons. The summed E-state index contributed by atoms with van der Waals surface area (Å²) in [6, 6.07) is 0.589. The second-order valence-corrected chi connectivity index (χ2v) is 5.73. The summed E-state index contributed by atoms with van der Waals surface area (Å²) < 4.78 is 5.53. The molecule has 0 aromatic carbocycles. The summed E-state index contributed by atoms with van der Waals surface area (Å²) in [4.78, 5) is 13.2. The van der Waals surface area contributed by atoms with E-state index in [0.717, 1.165) is 19.5 Å². The number of carboxylic acids is 1. The highest BCUT2D eigenvalue weighted by Crippen LogP contribution is 2.23. The van der Waals surface area contributed by atoms with Gasteiger partial charge >= 0.3 is 5.97 Å². The van der Waals surface area contributed by atoms with E-state index in [4.69, 9.17) is 9.84 Å². The number of hydrogen-bond acceptors (Lipinski definition) is 4. The summed E-state index contributed by atoms with van der Waals surface area (Å²) >= 11 is 1.99. The fraction of sp³-hybridized carbons (Fsp3) is 0.909. The van der Waals surface area contributed by atoms with E-state index in [9.17, 15) is 4.79 Å². The Labute approximate surface area is 100 Å². The summed E-state index contributed by atoms with van der Waals surface area (Å²) in [5.41, 5.74) is 0. The van der Waals surface area contributed by atoms with Crippen molar-refractivity contribution in [3.05, 3.63) is 0 Å². The molecule has 2 aliphatic rings. The molecular weight excluding hydrogens is 226 g/mol. The van der Waals surface area contributed by atoms with Gasteiger partial charge in [-0.05, 0) is 19.8 Å². The largest absolute Gasteiger partial charge is 0.479 e. The van der Waals surface area contributed by atoms with Crippen LogP contribution in [0.15, 0.2) is 0 Å². The van der Waals surface area contributed by atoms with Crippen LogP contribution in [0.5, 0.6) is 0 Å². The lowest BCUT2D eigenvalue weighted by Gasteiger charge is -2.34. The summed E-state index contributed by atoms with van der Waals surface area (Å²) in [6.07, 6.45) is 1.09. The lowest BCUT2D eigenvalue weighted by molar-refractivity contribution is -0.149. The number of hydrogen-bond donors (Lipinski definition) is 1. The molecule has 2 fully saturated rings. The Kier molecular flexibility index (Phi) is 4.10. The van der Waals surface area contributed by atoms with Gasteiger partial charge in [-0.15, -0.1) is 0 Å². The Morgan fingerprint density at radius 2 is 2.38 bits per heavy atom. The third-order valence-electron chi connectivity index (χ3n) is 3.33. The predicted molar refractivity (Wildman–Crippen MR) is 63.9 cm³/mol. The zero-order valence-electron chi connectivity index (χ0n) is 9.59. The van der Waals surface area contributed by atoms with E-state index in [2.05, 4.69) is 11.8 Å². The third kappa shape index (κ3) is 2.90. The first-order chi connectivity index (χ1) is 7.66. The first-order valence-corrected chi connectivity index (χ1v) is 7.02. The maximum Gasteiger partial charge on any atom is 0.332 e. The molecule has 0 spiro atoms. The van der Waals surface area contributed by atoms with Crippen LogP contribution in [-0.4, -0.2) is 58.8 Å². The number of nitrogens with zero attached hydrogens (tertiary/aromatic N) is 1. The van der Waals surface area contributed by atoms with E-state index >= 15 is 0 Å². The number of aliphatic carboxylic acids is 1. The molecule has 2 rings (SSSR count). The van der Waals surface area contributed by atoms with Crippen molar-refractivity contribution in [2.75, 3.05) is 24.6 Å². The van der Waals surface area contributed by atoms with E-state index in [0.29, 0.717) is 12.5 Å². The molecule has 16 heavy (non-hydrogen) atoms. The molecule has 2 aliphatic heterocycles. The van der Waals surface area contributed by atoms with Crippen molar-refractivity contribution in [3.63, 3.8) is 0 Å². The lowest BCUT2D eigenvalue weighted by atomic mass is 10.1. The molecule has 0 aliphatic carbocycles. The van der Waals surface area contributed by atoms with E-state index in [1.54, 1.807) is 0 Å². The molecule has 92 valence electrons. The van der Waals surface area contributed by atoms with Gasteiger partial charge in [-0.2, -0.15) is 11.8 Å². The van der Waals surface area contributed by atoms with Crippen molar-refractivity contribution in [2.45, 2.75) is 38.0 Å². The highest BCUT2D eigenvalue weighted by atomic mass is 32.2. The molecule has 2 heterocycles. The monoisotopic (exact) mass is 245 g/mol. The van der Waals surface area contributed by atoms with Crippen LogP contribution < -0.4 is 0 Å².